The van der Waals surface area contributed by atoms with Crippen molar-refractivity contribution in [3.05, 3.63) is 46.1 Å². The highest BCUT2D eigenvalue weighted by Crippen LogP contribution is 2.26. The summed E-state index contributed by atoms with van der Waals surface area (Å²) in [6, 6.07) is 5.09. The monoisotopic (exact) mass is 238 g/mol. The van der Waals surface area contributed by atoms with E-state index in [-0.39, 0.29) is 12.2 Å². The smallest absolute Gasteiger partial charge is 0.186 e. The van der Waals surface area contributed by atoms with E-state index in [1.165, 1.54) is 6.20 Å². The van der Waals surface area contributed by atoms with Crippen molar-refractivity contribution in [3.8, 4) is 0 Å². The maximum absolute atomic E-state index is 11.6. The lowest BCUT2D eigenvalue weighted by Gasteiger charge is -2.09. The number of carbonyl (C=O) groups excluding carboxylic acids is 1. The number of halogens is 2. The zero-order chi connectivity index (χ0) is 10.8. The van der Waals surface area contributed by atoms with Gasteiger partial charge in [0.1, 0.15) is 5.71 Å². The third-order valence-corrected chi connectivity index (χ3v) is 2.64. The highest BCUT2D eigenvalue weighted by molar-refractivity contribution is 6.53. The number of allylic oxidation sites excluding steroid dienone is 1. The van der Waals surface area contributed by atoms with E-state index in [0.29, 0.717) is 21.3 Å². The van der Waals surface area contributed by atoms with Gasteiger partial charge in [-0.05, 0) is 18.2 Å². The molecule has 0 bridgehead atoms. The molecule has 1 aromatic carbocycles. The summed E-state index contributed by atoms with van der Waals surface area (Å²) in [4.78, 5) is 15.5. The van der Waals surface area contributed by atoms with Gasteiger partial charge in [-0.25, -0.2) is 0 Å². The van der Waals surface area contributed by atoms with Crippen LogP contribution in [0.3, 0.4) is 0 Å². The van der Waals surface area contributed by atoms with Gasteiger partial charge in [0.15, 0.2) is 5.78 Å². The van der Waals surface area contributed by atoms with Crippen LogP contribution < -0.4 is 0 Å². The second-order valence-electron chi connectivity index (χ2n) is 3.01. The number of hydrogen-bond donors (Lipinski definition) is 0. The summed E-state index contributed by atoms with van der Waals surface area (Å²) in [5.74, 6) is -0.118. The molecule has 0 aliphatic carbocycles. The molecule has 1 aliphatic rings. The molecule has 0 saturated heterocycles. The number of nitrogens with zero attached hydrogens (tertiary/aromatic N) is 1. The molecule has 2 rings (SSSR count). The number of rotatable bonds is 1. The average Bonchev–Trinajstić information content (AvgIpc) is 2.20. The minimum absolute atomic E-state index is 0.118. The normalized spacial score (nSPS) is 15.3. The second-order valence-corrected chi connectivity index (χ2v) is 3.82. The van der Waals surface area contributed by atoms with Gasteiger partial charge in [-0.2, -0.15) is 0 Å². The maximum atomic E-state index is 11.6. The second kappa shape index (κ2) is 4.17. The first-order valence-electron chi connectivity index (χ1n) is 4.30. The van der Waals surface area contributed by atoms with Gasteiger partial charge in [0.05, 0.1) is 10.0 Å². The molecule has 1 aliphatic heterocycles. The summed E-state index contributed by atoms with van der Waals surface area (Å²) in [7, 11) is 0. The molecule has 2 nitrogen and oxygen atoms in total. The minimum Gasteiger partial charge on any atom is -0.292 e. The van der Waals surface area contributed by atoms with E-state index in [0.717, 1.165) is 0 Å². The van der Waals surface area contributed by atoms with Gasteiger partial charge < -0.3 is 0 Å². The predicted octanol–water partition coefficient (Wildman–Crippen LogP) is 3.07. The molecule has 4 heteroatoms. The molecule has 75 valence electrons. The van der Waals surface area contributed by atoms with Gasteiger partial charge in [-0.1, -0.05) is 29.3 Å². The molecule has 0 fully saturated rings. The number of aliphatic imine (C=N–C) groups is 1. The number of ketones is 1. The number of hydrogen-bond acceptors (Lipinski definition) is 2. The summed E-state index contributed by atoms with van der Waals surface area (Å²) >= 11 is 12.0. The molecule has 0 unspecified atom stereocenters. The van der Waals surface area contributed by atoms with Crippen LogP contribution in [0.2, 0.25) is 10.0 Å². The number of carbonyl (C=O) groups is 1. The molecule has 0 amide bonds. The van der Waals surface area contributed by atoms with E-state index < -0.39 is 0 Å². The molecule has 0 atom stereocenters. The van der Waals surface area contributed by atoms with E-state index in [4.69, 9.17) is 23.2 Å². The fourth-order valence-electron chi connectivity index (χ4n) is 1.33. The third kappa shape index (κ3) is 1.96. The fraction of sp³-hybridized carbons (Fsp3) is 0.0909. The predicted molar refractivity (Wildman–Crippen MR) is 60.4 cm³/mol. The first-order chi connectivity index (χ1) is 7.20. The number of benzene rings is 1. The van der Waals surface area contributed by atoms with Gasteiger partial charge in [-0.3, -0.25) is 9.79 Å². The summed E-state index contributed by atoms with van der Waals surface area (Å²) in [6.07, 6.45) is 4.42. The zero-order valence-corrected chi connectivity index (χ0v) is 9.14. The Morgan fingerprint density at radius 2 is 1.93 bits per heavy atom. The first-order valence-corrected chi connectivity index (χ1v) is 5.06. The molecule has 0 aromatic heterocycles. The van der Waals surface area contributed by atoms with Crippen molar-refractivity contribution in [1.82, 2.24) is 0 Å². The summed E-state index contributed by atoms with van der Waals surface area (Å²) in [5.41, 5.74) is 0.813. The summed E-state index contributed by atoms with van der Waals surface area (Å²) in [5, 5.41) is 0.870. The van der Waals surface area contributed by atoms with Crippen LogP contribution in [0.15, 0.2) is 29.4 Å². The molecule has 0 saturated carbocycles. The van der Waals surface area contributed by atoms with Crippen molar-refractivity contribution in [2.75, 3.05) is 0 Å². The van der Waals surface area contributed by atoms with Gasteiger partial charge in [0.25, 0.3) is 0 Å². The number of Topliss-reactive ketones (excluding diaryl/α,β-unsaturated/α-hetero) is 1. The Morgan fingerprint density at radius 3 is 2.53 bits per heavy atom. The van der Waals surface area contributed by atoms with Crippen LogP contribution in [-0.2, 0) is 4.79 Å². The van der Waals surface area contributed by atoms with E-state index >= 15 is 0 Å². The zero-order valence-electron chi connectivity index (χ0n) is 7.63. The lowest BCUT2D eigenvalue weighted by molar-refractivity contribution is -0.112. The fourth-order valence-corrected chi connectivity index (χ4v) is 1.91. The standard InChI is InChI=1S/C11H6Cl2NO/c12-7-3-1-4-8(13)10(7)11-9(15)5-2-6-14-11/h1,3-4,6H,5H2. The van der Waals surface area contributed by atoms with Crippen LogP contribution in [0.25, 0.3) is 0 Å². The quantitative estimate of drug-likeness (QED) is 0.740. The molecular weight excluding hydrogens is 233 g/mol. The van der Waals surface area contributed by atoms with Crippen LogP contribution in [0.4, 0.5) is 0 Å². The van der Waals surface area contributed by atoms with E-state index in [1.54, 1.807) is 18.2 Å². The molecule has 0 spiro atoms. The summed E-state index contributed by atoms with van der Waals surface area (Å²) < 4.78 is 0. The largest absolute Gasteiger partial charge is 0.292 e. The van der Waals surface area contributed by atoms with Crippen LogP contribution in [0.1, 0.15) is 12.0 Å². The SMILES string of the molecule is O=C1C[C]=CN=C1c1c(Cl)cccc1Cl. The van der Waals surface area contributed by atoms with Crippen LogP contribution in [-0.4, -0.2) is 11.5 Å². The Balaban J connectivity index is 2.58. The van der Waals surface area contributed by atoms with Crippen LogP contribution in [0, 0.1) is 6.08 Å². The maximum Gasteiger partial charge on any atom is 0.186 e. The van der Waals surface area contributed by atoms with Crippen molar-refractivity contribution >= 4 is 34.7 Å². The summed E-state index contributed by atoms with van der Waals surface area (Å²) in [6.45, 7) is 0. The van der Waals surface area contributed by atoms with Crippen molar-refractivity contribution in [3.63, 3.8) is 0 Å². The van der Waals surface area contributed by atoms with Crippen molar-refractivity contribution in [1.29, 1.82) is 0 Å². The average molecular weight is 239 g/mol. The molecule has 15 heavy (non-hydrogen) atoms. The Bertz CT molecular complexity index is 457. The van der Waals surface area contributed by atoms with Crippen molar-refractivity contribution in [2.45, 2.75) is 6.42 Å². The topological polar surface area (TPSA) is 29.4 Å². The lowest BCUT2D eigenvalue weighted by Crippen LogP contribution is -2.17. The van der Waals surface area contributed by atoms with Crippen LogP contribution >= 0.6 is 23.2 Å². The highest BCUT2D eigenvalue weighted by atomic mass is 35.5. The van der Waals surface area contributed by atoms with Gasteiger partial charge >= 0.3 is 0 Å². The van der Waals surface area contributed by atoms with Gasteiger partial charge in [-0.15, -0.1) is 0 Å². The molecule has 1 aromatic rings. The van der Waals surface area contributed by atoms with Gasteiger partial charge in [0, 0.05) is 18.2 Å². The molecule has 1 heterocycles. The van der Waals surface area contributed by atoms with Crippen molar-refractivity contribution in [2.24, 2.45) is 4.99 Å². The third-order valence-electron chi connectivity index (χ3n) is 2.01. The molecule has 1 radical (unpaired) electrons. The molecular formula is C11H6Cl2NO. The Hall–Kier alpha value is -1.12. The van der Waals surface area contributed by atoms with Crippen molar-refractivity contribution < 1.29 is 4.79 Å². The lowest BCUT2D eigenvalue weighted by atomic mass is 10.0. The Kier molecular flexibility index (Phi) is 2.89. The Labute approximate surface area is 97.2 Å². The highest BCUT2D eigenvalue weighted by Gasteiger charge is 2.20. The van der Waals surface area contributed by atoms with Crippen LogP contribution in [0.5, 0.6) is 0 Å². The van der Waals surface area contributed by atoms with Gasteiger partial charge in [0.2, 0.25) is 0 Å². The van der Waals surface area contributed by atoms with E-state index in [1.807, 2.05) is 0 Å². The first kappa shape index (κ1) is 10.4. The minimum atomic E-state index is -0.118. The molecule has 0 N–H and O–H groups in total. The Morgan fingerprint density at radius 1 is 1.27 bits per heavy atom. The van der Waals surface area contributed by atoms with E-state index in [2.05, 4.69) is 11.1 Å². The van der Waals surface area contributed by atoms with E-state index in [9.17, 15) is 4.79 Å².